The van der Waals surface area contributed by atoms with Gasteiger partial charge in [-0.15, -0.1) is 0 Å². The van der Waals surface area contributed by atoms with Gasteiger partial charge in [0, 0.05) is 37.8 Å². The maximum absolute atomic E-state index is 13.0. The number of piperazine rings is 1. The van der Waals surface area contributed by atoms with Crippen LogP contribution in [0.15, 0.2) is 76.2 Å². The van der Waals surface area contributed by atoms with E-state index in [0.29, 0.717) is 11.3 Å². The van der Waals surface area contributed by atoms with Gasteiger partial charge in [-0.2, -0.15) is 4.31 Å². The minimum atomic E-state index is -4.08. The lowest BCUT2D eigenvalue weighted by Gasteiger charge is -2.33. The van der Waals surface area contributed by atoms with Gasteiger partial charge in [0.15, 0.2) is 10.7 Å². The highest BCUT2D eigenvalue weighted by molar-refractivity contribution is 7.89. The summed E-state index contributed by atoms with van der Waals surface area (Å²) in [7, 11) is -4.08. The average molecular weight is 471 g/mol. The molecule has 1 saturated heterocycles. The van der Waals surface area contributed by atoms with Crippen molar-refractivity contribution in [3.63, 3.8) is 0 Å². The van der Waals surface area contributed by atoms with Crippen LogP contribution < -0.4 is 4.74 Å². The molecule has 1 aliphatic rings. The van der Waals surface area contributed by atoms with Gasteiger partial charge >= 0.3 is 0 Å². The predicted octanol–water partition coefficient (Wildman–Crippen LogP) is 2.91. The molecule has 0 spiro atoms. The van der Waals surface area contributed by atoms with Crippen LogP contribution in [0.3, 0.4) is 0 Å². The highest BCUT2D eigenvalue weighted by atomic mass is 32.2. The van der Waals surface area contributed by atoms with Crippen LogP contribution in [0.4, 0.5) is 5.69 Å². The van der Waals surface area contributed by atoms with Gasteiger partial charge in [0.2, 0.25) is 10.0 Å². The van der Waals surface area contributed by atoms with E-state index in [1.807, 2.05) is 18.2 Å². The number of sulfonamides is 1. The Morgan fingerprint density at radius 1 is 1.00 bits per heavy atom. The molecule has 33 heavy (non-hydrogen) atoms. The van der Waals surface area contributed by atoms with Crippen molar-refractivity contribution in [3.8, 4) is 5.75 Å². The molecular formula is C22H21N3O7S. The summed E-state index contributed by atoms with van der Waals surface area (Å²) in [5, 5.41) is 11.2. The Hall–Kier alpha value is -3.70. The van der Waals surface area contributed by atoms with Gasteiger partial charge in [-0.1, -0.05) is 30.3 Å². The van der Waals surface area contributed by atoms with E-state index < -0.39 is 20.6 Å². The number of ether oxygens (including phenoxy) is 1. The number of nitrogens with zero attached hydrogens (tertiary/aromatic N) is 3. The molecule has 3 aromatic rings. The Balaban J connectivity index is 1.42. The first-order valence-corrected chi connectivity index (χ1v) is 11.6. The standard InChI is InChI=1S/C22H21N3O7S/c26-22(21-17(10-15-31-21)16-32-18-6-2-1-3-7-18)23-11-13-24(14-12-23)33(29,30)20-9-5-4-8-19(20)25(27)28/h1-10,15H,11-14,16H2. The second-order valence-corrected chi connectivity index (χ2v) is 9.20. The van der Waals surface area contributed by atoms with Crippen molar-refractivity contribution in [1.82, 2.24) is 9.21 Å². The van der Waals surface area contributed by atoms with Gasteiger partial charge in [-0.25, -0.2) is 8.42 Å². The number of carbonyl (C=O) groups is 1. The largest absolute Gasteiger partial charge is 0.489 e. The summed E-state index contributed by atoms with van der Waals surface area (Å²) in [5.41, 5.74) is 0.105. The van der Waals surface area contributed by atoms with Crippen molar-refractivity contribution in [1.29, 1.82) is 0 Å². The summed E-state index contributed by atoms with van der Waals surface area (Å²) < 4.78 is 38.2. The van der Waals surface area contributed by atoms with Crippen LogP contribution in [0.2, 0.25) is 0 Å². The smallest absolute Gasteiger partial charge is 0.290 e. The number of amides is 1. The molecule has 0 aliphatic carbocycles. The molecule has 1 fully saturated rings. The molecule has 4 rings (SSSR count). The SMILES string of the molecule is O=C(c1occc1COc1ccccc1)N1CCN(S(=O)(=O)c2ccccc2[N+](=O)[O-])CC1. The molecule has 0 N–H and O–H groups in total. The van der Waals surface area contributed by atoms with E-state index in [2.05, 4.69) is 0 Å². The first kappa shape index (κ1) is 22.5. The van der Waals surface area contributed by atoms with Gasteiger partial charge in [0.05, 0.1) is 11.2 Å². The second-order valence-electron chi connectivity index (χ2n) is 7.30. The number of hydrogen-bond acceptors (Lipinski definition) is 7. The minimum Gasteiger partial charge on any atom is -0.489 e. The second kappa shape index (κ2) is 9.43. The average Bonchev–Trinajstić information content (AvgIpc) is 3.31. The summed E-state index contributed by atoms with van der Waals surface area (Å²) in [6, 6.07) is 16.0. The highest BCUT2D eigenvalue weighted by Crippen LogP contribution is 2.27. The van der Waals surface area contributed by atoms with Crippen LogP contribution in [0.25, 0.3) is 0 Å². The normalized spacial score (nSPS) is 14.7. The molecule has 2 heterocycles. The number of benzene rings is 2. The Morgan fingerprint density at radius 3 is 2.36 bits per heavy atom. The number of hydrogen-bond donors (Lipinski definition) is 0. The number of nitro groups is 1. The molecule has 1 aliphatic heterocycles. The van der Waals surface area contributed by atoms with Crippen LogP contribution in [-0.4, -0.2) is 54.6 Å². The Morgan fingerprint density at radius 2 is 1.67 bits per heavy atom. The third-order valence-corrected chi connectivity index (χ3v) is 7.23. The zero-order chi connectivity index (χ0) is 23.4. The quantitative estimate of drug-likeness (QED) is 0.383. The van der Waals surface area contributed by atoms with E-state index in [0.717, 1.165) is 10.4 Å². The van der Waals surface area contributed by atoms with Gasteiger partial charge in [0.1, 0.15) is 12.4 Å². The lowest BCUT2D eigenvalue weighted by Crippen LogP contribution is -2.50. The van der Waals surface area contributed by atoms with Crippen molar-refractivity contribution in [3.05, 3.63) is 88.4 Å². The zero-order valence-corrected chi connectivity index (χ0v) is 18.3. The van der Waals surface area contributed by atoms with Gasteiger partial charge in [-0.05, 0) is 24.3 Å². The van der Waals surface area contributed by atoms with Crippen molar-refractivity contribution >= 4 is 21.6 Å². The molecule has 10 nitrogen and oxygen atoms in total. The van der Waals surface area contributed by atoms with Gasteiger partial charge in [-0.3, -0.25) is 14.9 Å². The minimum absolute atomic E-state index is 0.0106. The van der Waals surface area contributed by atoms with E-state index in [1.165, 1.54) is 29.4 Å². The maximum atomic E-state index is 13.0. The van der Waals surface area contributed by atoms with Crippen LogP contribution in [0.5, 0.6) is 5.75 Å². The molecule has 11 heteroatoms. The van der Waals surface area contributed by atoms with Gasteiger partial charge < -0.3 is 14.1 Å². The zero-order valence-electron chi connectivity index (χ0n) is 17.5. The fourth-order valence-corrected chi connectivity index (χ4v) is 5.13. The van der Waals surface area contributed by atoms with Crippen molar-refractivity contribution in [2.75, 3.05) is 26.2 Å². The molecule has 0 radical (unpaired) electrons. The van der Waals surface area contributed by atoms with Crippen LogP contribution >= 0.6 is 0 Å². The first-order chi connectivity index (χ1) is 15.9. The summed E-state index contributed by atoms with van der Waals surface area (Å²) in [5.74, 6) is 0.432. The van der Waals surface area contributed by atoms with E-state index in [4.69, 9.17) is 9.15 Å². The molecular weight excluding hydrogens is 450 g/mol. The van der Waals surface area contributed by atoms with E-state index in [-0.39, 0.29) is 49.3 Å². The molecule has 2 aromatic carbocycles. The number of furan rings is 1. The van der Waals surface area contributed by atoms with Crippen molar-refractivity contribution in [2.24, 2.45) is 0 Å². The number of nitro benzene ring substituents is 1. The molecule has 1 amide bonds. The van der Waals surface area contributed by atoms with Crippen LogP contribution in [0.1, 0.15) is 16.1 Å². The third kappa shape index (κ3) is 4.73. The fourth-order valence-electron chi connectivity index (χ4n) is 3.56. The van der Waals surface area contributed by atoms with Crippen molar-refractivity contribution in [2.45, 2.75) is 11.5 Å². The Labute approximate surface area is 190 Å². The first-order valence-electron chi connectivity index (χ1n) is 10.1. The van der Waals surface area contributed by atoms with Crippen LogP contribution in [-0.2, 0) is 16.6 Å². The highest BCUT2D eigenvalue weighted by Gasteiger charge is 2.35. The third-order valence-electron chi connectivity index (χ3n) is 5.28. The Kier molecular flexibility index (Phi) is 6.43. The maximum Gasteiger partial charge on any atom is 0.290 e. The van der Waals surface area contributed by atoms with Crippen LogP contribution in [0, 0.1) is 10.1 Å². The van der Waals surface area contributed by atoms with E-state index in [9.17, 15) is 23.3 Å². The molecule has 0 unspecified atom stereocenters. The molecule has 0 saturated carbocycles. The fraction of sp³-hybridized carbons (Fsp3) is 0.227. The summed E-state index contributed by atoms with van der Waals surface area (Å²) in [6.45, 7) is 0.414. The number of carbonyl (C=O) groups excluding carboxylic acids is 1. The van der Waals surface area contributed by atoms with Crippen molar-refractivity contribution < 1.29 is 27.3 Å². The lowest BCUT2D eigenvalue weighted by atomic mass is 10.2. The topological polar surface area (TPSA) is 123 Å². The summed E-state index contributed by atoms with van der Waals surface area (Å²) >= 11 is 0. The number of rotatable bonds is 7. The monoisotopic (exact) mass is 471 g/mol. The molecule has 1 aromatic heterocycles. The molecule has 0 bridgehead atoms. The summed E-state index contributed by atoms with van der Waals surface area (Å²) in [4.78, 5) is 24.6. The molecule has 172 valence electrons. The van der Waals surface area contributed by atoms with E-state index >= 15 is 0 Å². The summed E-state index contributed by atoms with van der Waals surface area (Å²) in [6.07, 6.45) is 1.41. The van der Waals surface area contributed by atoms with E-state index in [1.54, 1.807) is 18.2 Å². The lowest BCUT2D eigenvalue weighted by molar-refractivity contribution is -0.387. The Bertz CT molecular complexity index is 1250. The number of para-hydroxylation sites is 2. The predicted molar refractivity (Wildman–Crippen MR) is 117 cm³/mol. The van der Waals surface area contributed by atoms with Gasteiger partial charge in [0.25, 0.3) is 11.6 Å². The molecule has 0 atom stereocenters.